The zero-order chi connectivity index (χ0) is 57.1. The van der Waals surface area contributed by atoms with Gasteiger partial charge in [-0.3, -0.25) is 0 Å². The summed E-state index contributed by atoms with van der Waals surface area (Å²) >= 11 is 0. The molecule has 48 heavy (non-hydrogen) atoms. The SMILES string of the molecule is [2H]c1c([2H])c([2H])c(-c2nc(-c3c([2H])c([2H])c(-c4c([2H])c([2H])c([2H])c([2H])c4[2H])c([2H])c3[2H])nc(-c3c([2H])c([2H])c(-c4c([2H])c([2H])c5c6c([2H])c([2H])c([2H])c([2H])c6c6c([2H])c([2H])c([2H])c([2H])c6c5c4[2H])c([2H])c3[2H])n2)c([2H])c1[2H]. The Labute approximate surface area is 319 Å². The fraction of sp³-hybridized carbons (Fsp3) is 0. The number of rotatable bonds is 5. The van der Waals surface area contributed by atoms with Gasteiger partial charge >= 0.3 is 0 Å². The highest BCUT2D eigenvalue weighted by molar-refractivity contribution is 6.25. The predicted octanol–water partition coefficient (Wildman–Crippen LogP) is 11.7. The molecule has 0 aliphatic rings. The highest BCUT2D eigenvalue weighted by Crippen LogP contribution is 2.37. The van der Waals surface area contributed by atoms with Crippen LogP contribution < -0.4 is 0 Å². The van der Waals surface area contributed by atoms with Crippen LogP contribution in [0.25, 0.3) is 88.7 Å². The molecule has 0 unspecified atom stereocenters. The Hall–Kier alpha value is -6.45. The molecule has 3 nitrogen and oxygen atoms in total. The maximum Gasteiger partial charge on any atom is 0.164 e. The van der Waals surface area contributed by atoms with E-state index in [1.54, 1.807) is 0 Å². The van der Waals surface area contributed by atoms with Crippen molar-refractivity contribution in [3.63, 3.8) is 0 Å². The Morgan fingerprint density at radius 3 is 1.02 bits per heavy atom. The van der Waals surface area contributed by atoms with Crippen molar-refractivity contribution in [1.29, 1.82) is 0 Å². The van der Waals surface area contributed by atoms with Crippen molar-refractivity contribution in [2.45, 2.75) is 0 Å². The van der Waals surface area contributed by atoms with Gasteiger partial charge in [0.15, 0.2) is 17.5 Å². The van der Waals surface area contributed by atoms with Crippen LogP contribution in [0.15, 0.2) is 175 Å². The van der Waals surface area contributed by atoms with Crippen molar-refractivity contribution in [1.82, 2.24) is 15.0 Å². The lowest BCUT2D eigenvalue weighted by Gasteiger charge is -2.12. The van der Waals surface area contributed by atoms with Gasteiger partial charge in [-0.15, -0.1) is 0 Å². The lowest BCUT2D eigenvalue weighted by molar-refractivity contribution is 1.07. The van der Waals surface area contributed by atoms with Crippen molar-refractivity contribution >= 4 is 32.3 Å². The van der Waals surface area contributed by atoms with E-state index in [4.69, 9.17) is 30.2 Å². The van der Waals surface area contributed by atoms with Crippen molar-refractivity contribution in [2.75, 3.05) is 0 Å². The van der Waals surface area contributed by atoms with Gasteiger partial charge in [0, 0.05) is 16.7 Å². The molecule has 0 radical (unpaired) electrons. The lowest BCUT2D eigenvalue weighted by atomic mass is 9.92. The van der Waals surface area contributed by atoms with Crippen LogP contribution in [0.4, 0.5) is 0 Å². The first-order valence-electron chi connectivity index (χ1n) is 28.3. The number of nitrogens with zero attached hydrogens (tertiary/aromatic N) is 3. The molecule has 1 aromatic heterocycles. The molecule has 224 valence electrons. The maximum absolute atomic E-state index is 9.61. The Balaban J connectivity index is 1.39. The van der Waals surface area contributed by atoms with E-state index in [9.17, 15) is 9.60 Å². The minimum absolute atomic E-state index is 0.461. The summed E-state index contributed by atoms with van der Waals surface area (Å²) in [6.45, 7) is 0. The molecule has 0 saturated heterocycles. The van der Waals surface area contributed by atoms with Gasteiger partial charge in [-0.25, -0.2) is 15.0 Å². The molecule has 0 fully saturated rings. The predicted molar refractivity (Wildman–Crippen MR) is 200 cm³/mol. The van der Waals surface area contributed by atoms with E-state index in [0.29, 0.717) is 0 Å². The summed E-state index contributed by atoms with van der Waals surface area (Å²) < 4.78 is 254. The van der Waals surface area contributed by atoms with Gasteiger partial charge in [0.1, 0.15) is 0 Å². The summed E-state index contributed by atoms with van der Waals surface area (Å²) in [6.07, 6.45) is 0. The van der Waals surface area contributed by atoms with Crippen molar-refractivity contribution < 1.29 is 39.8 Å². The van der Waals surface area contributed by atoms with E-state index in [2.05, 4.69) is 15.0 Å². The maximum atomic E-state index is 9.61. The van der Waals surface area contributed by atoms with Crippen LogP contribution in [0.3, 0.4) is 0 Å². The molecule has 0 aliphatic heterocycles. The highest BCUT2D eigenvalue weighted by Gasteiger charge is 2.14. The number of benzene rings is 8. The minimum Gasteiger partial charge on any atom is -0.208 e. The summed E-state index contributed by atoms with van der Waals surface area (Å²) in [4.78, 5) is 12.6. The van der Waals surface area contributed by atoms with Crippen LogP contribution in [0, 0.1) is 0 Å². The van der Waals surface area contributed by atoms with E-state index in [1.165, 1.54) is 0 Å². The topological polar surface area (TPSA) is 38.7 Å². The molecule has 9 aromatic rings. The molecule has 0 saturated carbocycles. The molecule has 8 aromatic carbocycles. The number of hydrogen-bond acceptors (Lipinski definition) is 3. The van der Waals surface area contributed by atoms with Crippen molar-refractivity contribution in [2.24, 2.45) is 0 Å². The molecule has 9 rings (SSSR count). The van der Waals surface area contributed by atoms with E-state index in [0.717, 1.165) is 0 Å². The van der Waals surface area contributed by atoms with Crippen LogP contribution in [0.5, 0.6) is 0 Å². The summed E-state index contributed by atoms with van der Waals surface area (Å²) in [5.41, 5.74) is -5.63. The zero-order valence-corrected chi connectivity index (χ0v) is 23.8. The van der Waals surface area contributed by atoms with Crippen molar-refractivity contribution in [3.8, 4) is 56.4 Å². The standard InChI is InChI=1S/C45H29N3/c1-3-11-30(12-4-1)31-19-23-34(24-20-31)44-46-43(33-13-5-2-6-14-33)47-45(48-44)35-25-21-32(22-26-35)36-27-28-41-39-17-8-7-15-37(39)38-16-9-10-18-40(38)42(41)29-36/h1-29H/i1D,2D,3D,4D,5D,6D,7D,8D,9D,10D,11D,12D,13D,14D,15D,16D,17D,18D,19D,20D,21D,22D,23D,24D,25D,26D,27D,28D,29D. The number of aromatic nitrogens is 3. The largest absolute Gasteiger partial charge is 0.208 e. The first-order valence-corrected chi connectivity index (χ1v) is 13.8. The summed E-state index contributed by atoms with van der Waals surface area (Å²) in [6, 6.07) is -26.7. The number of fused-ring (bicyclic) bond motifs is 6. The third kappa shape index (κ3) is 4.99. The zero-order valence-electron chi connectivity index (χ0n) is 52.8. The van der Waals surface area contributed by atoms with Gasteiger partial charge in [-0.1, -0.05) is 169 Å². The normalized spacial score (nSPS) is 19.8. The molecule has 0 atom stereocenters. The third-order valence-electron chi connectivity index (χ3n) is 6.99. The molecular formula is C45H29N3. The van der Waals surface area contributed by atoms with Gasteiger partial charge in [0.05, 0.1) is 39.8 Å². The second kappa shape index (κ2) is 11.7. The summed E-state index contributed by atoms with van der Waals surface area (Å²) in [5.74, 6) is -2.70. The van der Waals surface area contributed by atoms with Crippen LogP contribution in [0.1, 0.15) is 39.8 Å². The fourth-order valence-electron chi connectivity index (χ4n) is 4.83. The van der Waals surface area contributed by atoms with E-state index < -0.39 is 264 Å². The van der Waals surface area contributed by atoms with E-state index >= 15 is 0 Å². The Morgan fingerprint density at radius 2 is 0.542 bits per heavy atom. The van der Waals surface area contributed by atoms with Gasteiger partial charge in [-0.2, -0.15) is 0 Å². The fourth-order valence-corrected chi connectivity index (χ4v) is 4.83. The Kier molecular flexibility index (Phi) is 2.70. The molecular weight excluding hydrogens is 583 g/mol. The van der Waals surface area contributed by atoms with Crippen LogP contribution in [-0.4, -0.2) is 15.0 Å². The van der Waals surface area contributed by atoms with Crippen LogP contribution in [-0.2, 0) is 0 Å². The second-order valence-corrected chi connectivity index (χ2v) is 9.81. The third-order valence-corrected chi connectivity index (χ3v) is 6.99. The van der Waals surface area contributed by atoms with Crippen LogP contribution in [0.2, 0.25) is 0 Å². The molecule has 0 aliphatic carbocycles. The molecule has 3 heteroatoms. The van der Waals surface area contributed by atoms with Crippen molar-refractivity contribution in [3.05, 3.63) is 175 Å². The highest BCUT2D eigenvalue weighted by atomic mass is 15.0. The average Bonchev–Trinajstić information content (AvgIpc) is 3.51. The monoisotopic (exact) mass is 640 g/mol. The molecule has 0 amide bonds. The Bertz CT molecular complexity index is 4110. The Morgan fingerprint density at radius 1 is 0.250 bits per heavy atom. The smallest absolute Gasteiger partial charge is 0.164 e. The first-order chi connectivity index (χ1) is 35.9. The quantitative estimate of drug-likeness (QED) is 0.176. The van der Waals surface area contributed by atoms with Gasteiger partial charge in [0.25, 0.3) is 0 Å². The minimum atomic E-state index is -1.09. The second-order valence-electron chi connectivity index (χ2n) is 9.81. The molecule has 0 spiro atoms. The van der Waals surface area contributed by atoms with Crippen LogP contribution >= 0.6 is 0 Å². The molecule has 1 heterocycles. The first kappa shape index (κ1) is 11.1. The summed E-state index contributed by atoms with van der Waals surface area (Å²) in [5, 5.41) is -3.11. The number of hydrogen-bond donors (Lipinski definition) is 0. The molecule has 0 bridgehead atoms. The lowest BCUT2D eigenvalue weighted by Crippen LogP contribution is -2.00. The van der Waals surface area contributed by atoms with Gasteiger partial charge in [-0.05, 0) is 60.6 Å². The molecule has 0 N–H and O–H groups in total. The van der Waals surface area contributed by atoms with E-state index in [1.807, 2.05) is 0 Å². The average molecular weight is 641 g/mol. The van der Waals surface area contributed by atoms with E-state index in [-0.39, 0.29) is 0 Å². The summed E-state index contributed by atoms with van der Waals surface area (Å²) in [7, 11) is 0. The van der Waals surface area contributed by atoms with Gasteiger partial charge in [0.2, 0.25) is 0 Å². The van der Waals surface area contributed by atoms with Gasteiger partial charge < -0.3 is 0 Å².